The SMILES string of the molecule is CCS(=O)(=O)c1ccc([C@H](CO)NC(=O)c2ccc(N3CC(c4ccc(C(F)(F)F)cc4)C[C@H]3COC3CCOCC3)nc2)cc1. The van der Waals surface area contributed by atoms with E-state index in [0.29, 0.717) is 44.2 Å². The van der Waals surface area contributed by atoms with Crippen LogP contribution in [0.5, 0.6) is 0 Å². The highest BCUT2D eigenvalue weighted by atomic mass is 32.2. The van der Waals surface area contributed by atoms with E-state index >= 15 is 0 Å². The molecule has 0 spiro atoms. The topological polar surface area (TPSA) is 118 Å². The molecule has 2 aromatic carbocycles. The second-order valence-electron chi connectivity index (χ2n) is 11.6. The number of alkyl halides is 3. The summed E-state index contributed by atoms with van der Waals surface area (Å²) in [7, 11) is -3.38. The number of benzene rings is 2. The van der Waals surface area contributed by atoms with E-state index in [2.05, 4.69) is 15.2 Å². The third-order valence-electron chi connectivity index (χ3n) is 8.63. The van der Waals surface area contributed by atoms with Gasteiger partial charge in [-0.05, 0) is 66.8 Å². The number of pyridine rings is 1. The number of aromatic nitrogens is 1. The van der Waals surface area contributed by atoms with Crippen molar-refractivity contribution in [3.05, 3.63) is 89.1 Å². The molecule has 0 saturated carbocycles. The van der Waals surface area contributed by atoms with Crippen molar-refractivity contribution in [3.63, 3.8) is 0 Å². The van der Waals surface area contributed by atoms with E-state index in [-0.39, 0.29) is 34.3 Å². The highest BCUT2D eigenvalue weighted by Crippen LogP contribution is 2.37. The minimum atomic E-state index is -4.40. The molecule has 3 aromatic rings. The fourth-order valence-corrected chi connectivity index (χ4v) is 6.76. The lowest BCUT2D eigenvalue weighted by atomic mass is 9.95. The normalized spacial score (nSPS) is 20.1. The van der Waals surface area contributed by atoms with E-state index < -0.39 is 40.1 Å². The molecule has 9 nitrogen and oxygen atoms in total. The number of carbonyl (C=O) groups is 1. The molecule has 5 rings (SSSR count). The Morgan fingerprint density at radius 3 is 2.37 bits per heavy atom. The highest BCUT2D eigenvalue weighted by Gasteiger charge is 2.36. The zero-order chi connectivity index (χ0) is 32.9. The summed E-state index contributed by atoms with van der Waals surface area (Å²) >= 11 is 0. The number of halogens is 3. The maximum atomic E-state index is 13.1. The van der Waals surface area contributed by atoms with Crippen molar-refractivity contribution >= 4 is 21.6 Å². The van der Waals surface area contributed by atoms with Gasteiger partial charge >= 0.3 is 6.18 Å². The Bertz CT molecular complexity index is 1560. The number of carbonyl (C=O) groups excluding carboxylic acids is 1. The molecule has 2 aliphatic heterocycles. The summed E-state index contributed by atoms with van der Waals surface area (Å²) in [5.41, 5.74) is 0.930. The predicted molar refractivity (Wildman–Crippen MR) is 165 cm³/mol. The van der Waals surface area contributed by atoms with Gasteiger partial charge in [0.2, 0.25) is 0 Å². The van der Waals surface area contributed by atoms with Crippen LogP contribution in [0.3, 0.4) is 0 Å². The molecular weight excluding hydrogens is 623 g/mol. The zero-order valence-corrected chi connectivity index (χ0v) is 26.3. The van der Waals surface area contributed by atoms with Gasteiger partial charge in [0.05, 0.1) is 53.2 Å². The average Bonchev–Trinajstić information content (AvgIpc) is 3.50. The fraction of sp³-hybridized carbons (Fsp3) is 0.455. The second-order valence-corrected chi connectivity index (χ2v) is 13.9. The van der Waals surface area contributed by atoms with Crippen LogP contribution in [0.4, 0.5) is 19.0 Å². The Kier molecular flexibility index (Phi) is 10.7. The summed E-state index contributed by atoms with van der Waals surface area (Å²) in [6.07, 6.45) is -0.626. The number of nitrogens with one attached hydrogen (secondary N) is 1. The Morgan fingerprint density at radius 1 is 1.09 bits per heavy atom. The summed E-state index contributed by atoms with van der Waals surface area (Å²) in [6.45, 7) is 3.38. The van der Waals surface area contributed by atoms with E-state index in [1.807, 2.05) is 0 Å². The van der Waals surface area contributed by atoms with Gasteiger partial charge in [0.15, 0.2) is 9.84 Å². The average molecular weight is 662 g/mol. The standard InChI is InChI=1S/C33H38F3N3O6S/c1-2-46(42,43)29-10-5-23(6-11-29)30(20-40)38-32(41)24-7-12-31(37-18-24)39-19-25(22-3-8-26(9-4-22)33(34,35)36)17-27(39)21-45-28-13-15-44-16-14-28/h3-12,18,25,27-28,30,40H,2,13-17,19-21H2,1H3,(H,38,41)/t25?,27-,30-/m0/s1. The largest absolute Gasteiger partial charge is 0.416 e. The second kappa shape index (κ2) is 14.5. The van der Waals surface area contributed by atoms with Gasteiger partial charge in [-0.3, -0.25) is 4.79 Å². The highest BCUT2D eigenvalue weighted by molar-refractivity contribution is 7.91. The Morgan fingerprint density at radius 2 is 1.78 bits per heavy atom. The number of amides is 1. The van der Waals surface area contributed by atoms with Gasteiger partial charge in [0.25, 0.3) is 5.91 Å². The monoisotopic (exact) mass is 661 g/mol. The molecule has 2 aliphatic rings. The van der Waals surface area contributed by atoms with Crippen LogP contribution in [-0.2, 0) is 25.5 Å². The van der Waals surface area contributed by atoms with Crippen LogP contribution >= 0.6 is 0 Å². The first-order valence-electron chi connectivity index (χ1n) is 15.3. The molecule has 13 heteroatoms. The van der Waals surface area contributed by atoms with E-state index in [4.69, 9.17) is 9.47 Å². The van der Waals surface area contributed by atoms with Crippen molar-refractivity contribution in [1.29, 1.82) is 0 Å². The van der Waals surface area contributed by atoms with Gasteiger partial charge in [-0.15, -0.1) is 0 Å². The summed E-state index contributed by atoms with van der Waals surface area (Å²) < 4.78 is 75.4. The number of anilines is 1. The van der Waals surface area contributed by atoms with Crippen LogP contribution in [0, 0.1) is 0 Å². The molecule has 248 valence electrons. The van der Waals surface area contributed by atoms with Crippen molar-refractivity contribution in [3.8, 4) is 0 Å². The number of hydrogen-bond donors (Lipinski definition) is 2. The molecule has 1 unspecified atom stereocenters. The van der Waals surface area contributed by atoms with Gasteiger partial charge in [-0.1, -0.05) is 31.2 Å². The molecular formula is C33H38F3N3O6S. The summed E-state index contributed by atoms with van der Waals surface area (Å²) in [4.78, 5) is 19.9. The first kappa shape index (κ1) is 33.8. The molecule has 1 amide bonds. The van der Waals surface area contributed by atoms with Crippen LogP contribution in [-0.4, -0.2) is 75.3 Å². The quantitative estimate of drug-likeness (QED) is 0.298. The molecule has 3 heterocycles. The number of aliphatic hydroxyl groups excluding tert-OH is 1. The maximum absolute atomic E-state index is 13.1. The van der Waals surface area contributed by atoms with E-state index in [1.54, 1.807) is 31.2 Å². The third-order valence-corrected chi connectivity index (χ3v) is 10.4. The van der Waals surface area contributed by atoms with Crippen molar-refractivity contribution < 1.29 is 41.0 Å². The van der Waals surface area contributed by atoms with E-state index in [0.717, 1.165) is 30.5 Å². The minimum Gasteiger partial charge on any atom is -0.394 e. The predicted octanol–water partition coefficient (Wildman–Crippen LogP) is 4.92. The molecule has 2 N–H and O–H groups in total. The summed E-state index contributed by atoms with van der Waals surface area (Å²) in [6, 6.07) is 13.8. The van der Waals surface area contributed by atoms with Crippen molar-refractivity contribution in [2.24, 2.45) is 0 Å². The van der Waals surface area contributed by atoms with Crippen molar-refractivity contribution in [2.75, 3.05) is 43.6 Å². The molecule has 3 atom stereocenters. The fourth-order valence-electron chi connectivity index (χ4n) is 5.87. The first-order valence-corrected chi connectivity index (χ1v) is 17.0. The Labute approximate surface area is 266 Å². The Balaban J connectivity index is 1.29. The lowest BCUT2D eigenvalue weighted by Crippen LogP contribution is -2.36. The smallest absolute Gasteiger partial charge is 0.394 e. The van der Waals surface area contributed by atoms with Crippen LogP contribution < -0.4 is 10.2 Å². The molecule has 46 heavy (non-hydrogen) atoms. The molecule has 0 aliphatic carbocycles. The lowest BCUT2D eigenvalue weighted by Gasteiger charge is -2.29. The molecule has 0 radical (unpaired) electrons. The molecule has 2 saturated heterocycles. The third kappa shape index (κ3) is 8.06. The van der Waals surface area contributed by atoms with Crippen LogP contribution in [0.25, 0.3) is 0 Å². The van der Waals surface area contributed by atoms with Crippen LogP contribution in [0.1, 0.15) is 65.2 Å². The number of aliphatic hydroxyl groups is 1. The molecule has 1 aromatic heterocycles. The lowest BCUT2D eigenvalue weighted by molar-refractivity contribution is -0.137. The molecule has 0 bridgehead atoms. The van der Waals surface area contributed by atoms with Crippen molar-refractivity contribution in [2.45, 2.75) is 61.4 Å². The number of rotatable bonds is 11. The maximum Gasteiger partial charge on any atom is 0.416 e. The summed E-state index contributed by atoms with van der Waals surface area (Å²) in [5.74, 6) is 0.0657. The van der Waals surface area contributed by atoms with Crippen molar-refractivity contribution in [1.82, 2.24) is 10.3 Å². The van der Waals surface area contributed by atoms with Gasteiger partial charge in [-0.25, -0.2) is 13.4 Å². The van der Waals surface area contributed by atoms with Crippen LogP contribution in [0.15, 0.2) is 71.8 Å². The van der Waals surface area contributed by atoms with Gasteiger partial charge in [0.1, 0.15) is 5.82 Å². The Hall–Kier alpha value is -3.52. The number of ether oxygens (including phenoxy) is 2. The summed E-state index contributed by atoms with van der Waals surface area (Å²) in [5, 5.41) is 12.7. The van der Waals surface area contributed by atoms with E-state index in [9.17, 15) is 31.5 Å². The number of hydrogen-bond acceptors (Lipinski definition) is 8. The van der Waals surface area contributed by atoms with Gasteiger partial charge < -0.3 is 24.8 Å². The van der Waals surface area contributed by atoms with Crippen LogP contribution in [0.2, 0.25) is 0 Å². The number of sulfone groups is 1. The zero-order valence-electron chi connectivity index (χ0n) is 25.4. The molecule has 2 fully saturated rings. The number of nitrogens with zero attached hydrogens (tertiary/aromatic N) is 2. The van der Waals surface area contributed by atoms with Gasteiger partial charge in [-0.2, -0.15) is 13.2 Å². The minimum absolute atomic E-state index is 0.0354. The first-order chi connectivity index (χ1) is 22.0. The van der Waals surface area contributed by atoms with E-state index in [1.165, 1.54) is 30.5 Å². The van der Waals surface area contributed by atoms with Gasteiger partial charge in [0, 0.05) is 31.9 Å².